The maximum Gasteiger partial charge on any atom is 0.118 e. The minimum absolute atomic E-state index is 0.731. The van der Waals surface area contributed by atoms with Crippen molar-refractivity contribution in [2.75, 3.05) is 14.2 Å². The molecular weight excluding hydrogens is 198 g/mol. The summed E-state index contributed by atoms with van der Waals surface area (Å²) < 4.78 is 5.18. The van der Waals surface area contributed by atoms with Crippen molar-refractivity contribution in [3.8, 4) is 5.75 Å². The zero-order valence-corrected chi connectivity index (χ0v) is 10.2. The van der Waals surface area contributed by atoms with E-state index in [0.717, 1.165) is 17.7 Å². The van der Waals surface area contributed by atoms with Gasteiger partial charge in [-0.1, -0.05) is 12.1 Å². The Morgan fingerprint density at radius 1 is 1.06 bits per heavy atom. The highest BCUT2D eigenvalue weighted by Crippen LogP contribution is 2.33. The lowest BCUT2D eigenvalue weighted by molar-refractivity contribution is 0.358. The summed E-state index contributed by atoms with van der Waals surface area (Å²) in [5.74, 6) is 1.70. The number of nitrogens with one attached hydrogen (secondary N) is 1. The molecule has 0 saturated heterocycles. The summed E-state index contributed by atoms with van der Waals surface area (Å²) in [4.78, 5) is 0. The zero-order chi connectivity index (χ0) is 11.4. The molecule has 0 bridgehead atoms. The first-order valence-corrected chi connectivity index (χ1v) is 6.14. The van der Waals surface area contributed by atoms with E-state index >= 15 is 0 Å². The van der Waals surface area contributed by atoms with E-state index in [9.17, 15) is 0 Å². The molecule has 1 fully saturated rings. The first-order valence-electron chi connectivity index (χ1n) is 6.14. The van der Waals surface area contributed by atoms with Crippen molar-refractivity contribution >= 4 is 0 Å². The molecule has 2 heteroatoms. The predicted molar refractivity (Wildman–Crippen MR) is 67.1 cm³/mol. The highest BCUT2D eigenvalue weighted by Gasteiger charge is 2.20. The second-order valence-corrected chi connectivity index (χ2v) is 4.61. The monoisotopic (exact) mass is 219 g/mol. The third-order valence-corrected chi connectivity index (χ3v) is 3.72. The summed E-state index contributed by atoms with van der Waals surface area (Å²) in [6.07, 6.45) is 5.20. The van der Waals surface area contributed by atoms with Crippen LogP contribution in [0.25, 0.3) is 0 Å². The average molecular weight is 219 g/mol. The smallest absolute Gasteiger partial charge is 0.118 e. The van der Waals surface area contributed by atoms with Gasteiger partial charge in [0.15, 0.2) is 0 Å². The van der Waals surface area contributed by atoms with Crippen molar-refractivity contribution < 1.29 is 4.74 Å². The van der Waals surface area contributed by atoms with Gasteiger partial charge in [-0.3, -0.25) is 0 Å². The molecule has 0 amide bonds. The molecule has 0 atom stereocenters. The first kappa shape index (κ1) is 11.5. The van der Waals surface area contributed by atoms with Crippen LogP contribution >= 0.6 is 0 Å². The highest BCUT2D eigenvalue weighted by atomic mass is 16.5. The Morgan fingerprint density at radius 3 is 2.19 bits per heavy atom. The minimum Gasteiger partial charge on any atom is -0.497 e. The molecule has 0 radical (unpaired) electrons. The number of hydrogen-bond donors (Lipinski definition) is 1. The molecule has 2 nitrogen and oxygen atoms in total. The van der Waals surface area contributed by atoms with E-state index in [1.165, 1.54) is 31.2 Å². The molecule has 0 aliphatic heterocycles. The van der Waals surface area contributed by atoms with Crippen LogP contribution in [0.1, 0.15) is 37.2 Å². The third kappa shape index (κ3) is 2.56. The molecule has 1 saturated carbocycles. The Balaban J connectivity index is 1.97. The molecular formula is C14H21NO. The van der Waals surface area contributed by atoms with Gasteiger partial charge in [0.2, 0.25) is 0 Å². The summed E-state index contributed by atoms with van der Waals surface area (Å²) in [6, 6.07) is 9.29. The fourth-order valence-electron chi connectivity index (χ4n) is 2.59. The van der Waals surface area contributed by atoms with Crippen molar-refractivity contribution in [1.29, 1.82) is 0 Å². The van der Waals surface area contributed by atoms with Gasteiger partial charge in [-0.05, 0) is 56.3 Å². The van der Waals surface area contributed by atoms with E-state index in [2.05, 4.69) is 36.6 Å². The zero-order valence-electron chi connectivity index (χ0n) is 10.2. The minimum atomic E-state index is 0.731. The van der Waals surface area contributed by atoms with Crippen LogP contribution in [0.4, 0.5) is 0 Å². The van der Waals surface area contributed by atoms with Gasteiger partial charge in [-0.25, -0.2) is 0 Å². The molecule has 0 spiro atoms. The number of benzene rings is 1. The molecule has 1 aromatic carbocycles. The van der Waals surface area contributed by atoms with Crippen molar-refractivity contribution in [2.45, 2.75) is 37.6 Å². The Morgan fingerprint density at radius 2 is 1.69 bits per heavy atom. The largest absolute Gasteiger partial charge is 0.497 e. The molecule has 1 N–H and O–H groups in total. The van der Waals surface area contributed by atoms with E-state index in [4.69, 9.17) is 4.74 Å². The van der Waals surface area contributed by atoms with Crippen molar-refractivity contribution in [3.63, 3.8) is 0 Å². The van der Waals surface area contributed by atoms with Crippen molar-refractivity contribution in [3.05, 3.63) is 29.8 Å². The van der Waals surface area contributed by atoms with Crippen LogP contribution in [0, 0.1) is 0 Å². The highest BCUT2D eigenvalue weighted by molar-refractivity contribution is 5.29. The van der Waals surface area contributed by atoms with Crippen LogP contribution in [0.3, 0.4) is 0 Å². The summed E-state index contributed by atoms with van der Waals surface area (Å²) in [6.45, 7) is 0. The van der Waals surface area contributed by atoms with Gasteiger partial charge in [0.25, 0.3) is 0 Å². The fourth-order valence-corrected chi connectivity index (χ4v) is 2.59. The molecule has 0 heterocycles. The van der Waals surface area contributed by atoms with Gasteiger partial charge < -0.3 is 10.1 Å². The molecule has 2 rings (SSSR count). The van der Waals surface area contributed by atoms with Gasteiger partial charge >= 0.3 is 0 Å². The fraction of sp³-hybridized carbons (Fsp3) is 0.571. The van der Waals surface area contributed by atoms with Crippen LogP contribution in [0.15, 0.2) is 24.3 Å². The Bertz CT molecular complexity index is 312. The number of methoxy groups -OCH3 is 1. The molecule has 88 valence electrons. The normalized spacial score (nSPS) is 25.4. The lowest BCUT2D eigenvalue weighted by Crippen LogP contribution is -2.29. The van der Waals surface area contributed by atoms with Crippen LogP contribution in [0.5, 0.6) is 5.75 Å². The van der Waals surface area contributed by atoms with E-state index in [1.807, 2.05) is 0 Å². The predicted octanol–water partition coefficient (Wildman–Crippen LogP) is 2.94. The van der Waals surface area contributed by atoms with E-state index in [1.54, 1.807) is 7.11 Å². The van der Waals surface area contributed by atoms with Gasteiger partial charge in [0.1, 0.15) is 5.75 Å². The first-order chi connectivity index (χ1) is 7.83. The van der Waals surface area contributed by atoms with E-state index < -0.39 is 0 Å². The number of ether oxygens (including phenoxy) is 1. The lowest BCUT2D eigenvalue weighted by Gasteiger charge is -2.28. The van der Waals surface area contributed by atoms with Gasteiger partial charge in [0.05, 0.1) is 7.11 Å². The molecule has 0 aromatic heterocycles. The van der Waals surface area contributed by atoms with Crippen molar-refractivity contribution in [1.82, 2.24) is 5.32 Å². The van der Waals surface area contributed by atoms with E-state index in [-0.39, 0.29) is 0 Å². The standard InChI is InChI=1S/C14H21NO/c1-15-13-7-3-11(4-8-13)12-5-9-14(16-2)10-6-12/h5-6,9-11,13,15H,3-4,7-8H2,1-2H3. The third-order valence-electron chi connectivity index (χ3n) is 3.72. The van der Waals surface area contributed by atoms with Crippen LogP contribution in [-0.4, -0.2) is 20.2 Å². The molecule has 0 unspecified atom stereocenters. The summed E-state index contributed by atoms with van der Waals surface area (Å²) >= 11 is 0. The quantitative estimate of drug-likeness (QED) is 0.844. The number of rotatable bonds is 3. The molecule has 16 heavy (non-hydrogen) atoms. The maximum atomic E-state index is 5.18. The van der Waals surface area contributed by atoms with Gasteiger partial charge in [-0.15, -0.1) is 0 Å². The van der Waals surface area contributed by atoms with Crippen LogP contribution in [-0.2, 0) is 0 Å². The van der Waals surface area contributed by atoms with E-state index in [0.29, 0.717) is 0 Å². The summed E-state index contributed by atoms with van der Waals surface area (Å²) in [7, 11) is 3.78. The lowest BCUT2D eigenvalue weighted by atomic mass is 9.82. The summed E-state index contributed by atoms with van der Waals surface area (Å²) in [5, 5.41) is 3.37. The Kier molecular flexibility index (Phi) is 3.83. The maximum absolute atomic E-state index is 5.18. The number of hydrogen-bond acceptors (Lipinski definition) is 2. The van der Waals surface area contributed by atoms with Gasteiger partial charge in [0, 0.05) is 6.04 Å². The Hall–Kier alpha value is -1.02. The summed E-state index contributed by atoms with van der Waals surface area (Å²) in [5.41, 5.74) is 1.47. The second-order valence-electron chi connectivity index (χ2n) is 4.61. The molecule has 1 aliphatic rings. The SMILES string of the molecule is CNC1CCC(c2ccc(OC)cc2)CC1. The topological polar surface area (TPSA) is 21.3 Å². The molecule has 1 aromatic rings. The van der Waals surface area contributed by atoms with Crippen LogP contribution < -0.4 is 10.1 Å². The average Bonchev–Trinajstić information content (AvgIpc) is 2.39. The Labute approximate surface area is 98.0 Å². The van der Waals surface area contributed by atoms with Crippen LogP contribution in [0.2, 0.25) is 0 Å². The van der Waals surface area contributed by atoms with Crippen molar-refractivity contribution in [2.24, 2.45) is 0 Å². The van der Waals surface area contributed by atoms with Gasteiger partial charge in [-0.2, -0.15) is 0 Å². The molecule has 1 aliphatic carbocycles. The second kappa shape index (κ2) is 5.35.